The van der Waals surface area contributed by atoms with Crippen LogP contribution in [0.5, 0.6) is 5.75 Å². The molecule has 2 aromatic carbocycles. The third kappa shape index (κ3) is 3.84. The number of nitrogens with one attached hydrogen (secondary N) is 2. The highest BCUT2D eigenvalue weighted by Crippen LogP contribution is 2.25. The lowest BCUT2D eigenvalue weighted by Gasteiger charge is -2.34. The Labute approximate surface area is 138 Å². The van der Waals surface area contributed by atoms with E-state index >= 15 is 0 Å². The molecule has 23 heavy (non-hydrogen) atoms. The molecule has 4 N–H and O–H groups in total. The molecule has 122 valence electrons. The normalized spacial score (nSPS) is 21.1. The minimum Gasteiger partial charge on any atom is -0.496 e. The molecule has 0 aromatic heterocycles. The first-order valence-electron chi connectivity index (χ1n) is 8.22. The van der Waals surface area contributed by atoms with Crippen molar-refractivity contribution in [2.75, 3.05) is 19.4 Å². The average molecular weight is 311 g/mol. The third-order valence-electron chi connectivity index (χ3n) is 4.48. The maximum absolute atomic E-state index is 5.91. The van der Waals surface area contributed by atoms with Crippen molar-refractivity contribution in [3.63, 3.8) is 0 Å². The van der Waals surface area contributed by atoms with Crippen molar-refractivity contribution in [1.29, 1.82) is 0 Å². The minimum absolute atomic E-state index is 0.344. The number of nitrogen functional groups attached to an aromatic ring is 1. The van der Waals surface area contributed by atoms with Gasteiger partial charge in [-0.25, -0.2) is 0 Å². The lowest BCUT2D eigenvalue weighted by Crippen LogP contribution is -2.45. The predicted molar refractivity (Wildman–Crippen MR) is 94.5 cm³/mol. The van der Waals surface area contributed by atoms with Crippen molar-refractivity contribution >= 4 is 5.69 Å². The number of anilines is 1. The molecule has 0 bridgehead atoms. The topological polar surface area (TPSA) is 59.3 Å². The average Bonchev–Trinajstić information content (AvgIpc) is 2.61. The van der Waals surface area contributed by atoms with Gasteiger partial charge in [-0.2, -0.15) is 0 Å². The zero-order valence-electron chi connectivity index (χ0n) is 13.6. The zero-order valence-corrected chi connectivity index (χ0v) is 13.6. The number of ether oxygens (including phenoxy) is 1. The standard InChI is InChI=1S/C19H25N3O/c1-23-18-10-9-16(20)12-15(18)13-22-17-8-5-11-21-19(17)14-6-3-2-4-7-14/h2-4,6-7,9-10,12,17,19,21-22H,5,8,11,13,20H2,1H3/t17-,19-/m0/s1. The van der Waals surface area contributed by atoms with Gasteiger partial charge in [0.15, 0.2) is 0 Å². The highest BCUT2D eigenvalue weighted by Gasteiger charge is 2.25. The molecule has 0 unspecified atom stereocenters. The number of benzene rings is 2. The third-order valence-corrected chi connectivity index (χ3v) is 4.48. The fourth-order valence-corrected chi connectivity index (χ4v) is 3.30. The Kier molecular flexibility index (Phi) is 5.16. The zero-order chi connectivity index (χ0) is 16.1. The summed E-state index contributed by atoms with van der Waals surface area (Å²) in [7, 11) is 1.70. The molecule has 0 radical (unpaired) electrons. The Hall–Kier alpha value is -2.04. The maximum atomic E-state index is 5.91. The van der Waals surface area contributed by atoms with Crippen molar-refractivity contribution < 1.29 is 4.74 Å². The summed E-state index contributed by atoms with van der Waals surface area (Å²) in [4.78, 5) is 0. The molecule has 2 atom stereocenters. The molecule has 4 heteroatoms. The van der Waals surface area contributed by atoms with E-state index < -0.39 is 0 Å². The summed E-state index contributed by atoms with van der Waals surface area (Å²) in [5.41, 5.74) is 9.12. The first-order chi connectivity index (χ1) is 11.3. The van der Waals surface area contributed by atoms with Crippen LogP contribution < -0.4 is 21.1 Å². The van der Waals surface area contributed by atoms with Gasteiger partial charge in [-0.3, -0.25) is 0 Å². The number of nitrogens with two attached hydrogens (primary N) is 1. The molecule has 1 fully saturated rings. The number of hydrogen-bond donors (Lipinski definition) is 3. The lowest BCUT2D eigenvalue weighted by molar-refractivity contribution is 0.303. The van der Waals surface area contributed by atoms with E-state index in [0.717, 1.165) is 36.5 Å². The first kappa shape index (κ1) is 15.8. The van der Waals surface area contributed by atoms with Crippen LogP contribution in [0.1, 0.15) is 30.0 Å². The van der Waals surface area contributed by atoms with Gasteiger partial charge in [0.2, 0.25) is 0 Å². The second-order valence-electron chi connectivity index (χ2n) is 6.04. The summed E-state index contributed by atoms with van der Waals surface area (Å²) in [6.07, 6.45) is 2.35. The summed E-state index contributed by atoms with van der Waals surface area (Å²) in [6, 6.07) is 17.2. The second kappa shape index (κ2) is 7.49. The maximum Gasteiger partial charge on any atom is 0.123 e. The lowest BCUT2D eigenvalue weighted by atomic mass is 9.92. The van der Waals surface area contributed by atoms with Crippen molar-refractivity contribution in [3.8, 4) is 5.75 Å². The van der Waals surface area contributed by atoms with Gasteiger partial charge in [0.1, 0.15) is 5.75 Å². The molecular weight excluding hydrogens is 286 g/mol. The molecule has 1 aliphatic heterocycles. The summed E-state index contributed by atoms with van der Waals surface area (Å²) >= 11 is 0. The van der Waals surface area contributed by atoms with Crippen LogP contribution in [0.3, 0.4) is 0 Å². The van der Waals surface area contributed by atoms with Gasteiger partial charge in [0.25, 0.3) is 0 Å². The van der Waals surface area contributed by atoms with Crippen LogP contribution in [0, 0.1) is 0 Å². The molecule has 0 aliphatic carbocycles. The summed E-state index contributed by atoms with van der Waals surface area (Å²) in [5, 5.41) is 7.33. The van der Waals surface area contributed by atoms with E-state index in [1.807, 2.05) is 18.2 Å². The Morgan fingerprint density at radius 1 is 1.22 bits per heavy atom. The van der Waals surface area contributed by atoms with Crippen LogP contribution in [0.25, 0.3) is 0 Å². The quantitative estimate of drug-likeness (QED) is 0.743. The van der Waals surface area contributed by atoms with Gasteiger partial charge in [-0.15, -0.1) is 0 Å². The van der Waals surface area contributed by atoms with Crippen LogP contribution >= 0.6 is 0 Å². The van der Waals surface area contributed by atoms with Crippen LogP contribution in [-0.2, 0) is 6.54 Å². The second-order valence-corrected chi connectivity index (χ2v) is 6.04. The van der Waals surface area contributed by atoms with Crippen molar-refractivity contribution in [3.05, 3.63) is 59.7 Å². The van der Waals surface area contributed by atoms with E-state index in [1.54, 1.807) is 7.11 Å². The summed E-state index contributed by atoms with van der Waals surface area (Å²) in [6.45, 7) is 1.82. The Morgan fingerprint density at radius 3 is 2.83 bits per heavy atom. The Bertz CT molecular complexity index is 630. The summed E-state index contributed by atoms with van der Waals surface area (Å²) in [5.74, 6) is 0.881. The van der Waals surface area contributed by atoms with E-state index in [-0.39, 0.29) is 0 Å². The van der Waals surface area contributed by atoms with E-state index in [2.05, 4.69) is 41.0 Å². The number of piperidine rings is 1. The van der Waals surface area contributed by atoms with Gasteiger partial charge in [-0.1, -0.05) is 30.3 Å². The number of rotatable bonds is 5. The predicted octanol–water partition coefficient (Wildman–Crippen LogP) is 2.86. The fourth-order valence-electron chi connectivity index (χ4n) is 3.30. The van der Waals surface area contributed by atoms with Gasteiger partial charge in [0.05, 0.1) is 7.11 Å². The first-order valence-corrected chi connectivity index (χ1v) is 8.22. The van der Waals surface area contributed by atoms with Crippen molar-refractivity contribution in [1.82, 2.24) is 10.6 Å². The van der Waals surface area contributed by atoms with E-state index in [1.165, 1.54) is 12.0 Å². The van der Waals surface area contributed by atoms with Crippen LogP contribution in [-0.4, -0.2) is 19.7 Å². The molecule has 1 saturated heterocycles. The number of hydrogen-bond acceptors (Lipinski definition) is 4. The SMILES string of the molecule is COc1ccc(N)cc1CN[C@H]1CCCN[C@H]1c1ccccc1. The molecule has 1 heterocycles. The molecule has 0 spiro atoms. The van der Waals surface area contributed by atoms with E-state index in [9.17, 15) is 0 Å². The van der Waals surface area contributed by atoms with Gasteiger partial charge < -0.3 is 21.1 Å². The van der Waals surface area contributed by atoms with Crippen LogP contribution in [0.4, 0.5) is 5.69 Å². The molecule has 4 nitrogen and oxygen atoms in total. The van der Waals surface area contributed by atoms with Crippen LogP contribution in [0.2, 0.25) is 0 Å². The summed E-state index contributed by atoms with van der Waals surface area (Å²) < 4.78 is 5.44. The van der Waals surface area contributed by atoms with Gasteiger partial charge in [0, 0.05) is 29.9 Å². The molecule has 0 saturated carbocycles. The van der Waals surface area contributed by atoms with Crippen molar-refractivity contribution in [2.45, 2.75) is 31.5 Å². The monoisotopic (exact) mass is 311 g/mol. The largest absolute Gasteiger partial charge is 0.496 e. The molecule has 0 amide bonds. The smallest absolute Gasteiger partial charge is 0.123 e. The molecular formula is C19H25N3O. The molecule has 1 aliphatic rings. The Morgan fingerprint density at radius 2 is 2.04 bits per heavy atom. The Balaban J connectivity index is 1.72. The molecule has 3 rings (SSSR count). The highest BCUT2D eigenvalue weighted by molar-refractivity contribution is 5.47. The van der Waals surface area contributed by atoms with E-state index in [0.29, 0.717) is 12.1 Å². The van der Waals surface area contributed by atoms with Crippen molar-refractivity contribution in [2.24, 2.45) is 0 Å². The van der Waals surface area contributed by atoms with Gasteiger partial charge >= 0.3 is 0 Å². The highest BCUT2D eigenvalue weighted by atomic mass is 16.5. The van der Waals surface area contributed by atoms with Crippen LogP contribution in [0.15, 0.2) is 48.5 Å². The van der Waals surface area contributed by atoms with E-state index in [4.69, 9.17) is 10.5 Å². The molecule has 2 aromatic rings. The van der Waals surface area contributed by atoms with Gasteiger partial charge in [-0.05, 0) is 43.1 Å². The minimum atomic E-state index is 0.344. The number of methoxy groups -OCH3 is 1. The fraction of sp³-hybridized carbons (Fsp3) is 0.368.